The summed E-state index contributed by atoms with van der Waals surface area (Å²) >= 11 is 0. The van der Waals surface area contributed by atoms with E-state index in [9.17, 15) is 4.79 Å². The fourth-order valence-electron chi connectivity index (χ4n) is 3.07. The zero-order valence-electron chi connectivity index (χ0n) is 17.3. The lowest BCUT2D eigenvalue weighted by atomic mass is 10.0. The number of aromatic nitrogens is 2. The van der Waals surface area contributed by atoms with Crippen LogP contribution in [-0.4, -0.2) is 30.5 Å². The van der Waals surface area contributed by atoms with Crippen LogP contribution >= 0.6 is 0 Å². The molecular weight excluding hydrogens is 376 g/mol. The molecule has 1 aromatic heterocycles. The Labute approximate surface area is 173 Å². The lowest BCUT2D eigenvalue weighted by Crippen LogP contribution is -2.22. The predicted molar refractivity (Wildman–Crippen MR) is 122 cm³/mol. The van der Waals surface area contributed by atoms with Crippen molar-refractivity contribution in [2.75, 3.05) is 6.61 Å². The molecule has 0 saturated heterocycles. The van der Waals surface area contributed by atoms with Gasteiger partial charge < -0.3 is 4.74 Å². The van der Waals surface area contributed by atoms with Crippen LogP contribution in [0.3, 0.4) is 0 Å². The van der Waals surface area contributed by atoms with Gasteiger partial charge >= 0.3 is 0 Å². The Kier molecular flexibility index (Phi) is 6.96. The van der Waals surface area contributed by atoms with Crippen LogP contribution in [0.5, 0.6) is 0 Å². The lowest BCUT2D eigenvalue weighted by Gasteiger charge is -2.17. The van der Waals surface area contributed by atoms with Crippen molar-refractivity contribution in [3.63, 3.8) is 0 Å². The number of rotatable bonds is 9. The first kappa shape index (κ1) is 21.0. The van der Waals surface area contributed by atoms with Gasteiger partial charge in [0.25, 0.3) is 0 Å². The minimum atomic E-state index is -1.17. The van der Waals surface area contributed by atoms with Crippen molar-refractivity contribution in [3.05, 3.63) is 72.6 Å². The standard InChI is InChI=1S/C24H28N2O2Si/c1-29(2,3)18-17-28-19-26-22(15-10-16-27)25-23(20-11-6-4-7-12-20)24(26)21-13-8-5-9-14-21/h4-16H,17-19H2,1-3H3/b15-10+. The highest BCUT2D eigenvalue weighted by Gasteiger charge is 2.19. The zero-order chi connectivity index (χ0) is 20.7. The van der Waals surface area contributed by atoms with Gasteiger partial charge in [0.1, 0.15) is 18.8 Å². The maximum atomic E-state index is 10.9. The molecule has 150 valence electrons. The first-order valence-electron chi connectivity index (χ1n) is 9.90. The van der Waals surface area contributed by atoms with Crippen molar-refractivity contribution in [1.82, 2.24) is 9.55 Å². The molecule has 0 radical (unpaired) electrons. The SMILES string of the molecule is C[Si](C)(C)CCOCn1c(/C=C/C=O)nc(-c2ccccc2)c1-c1ccccc1. The third kappa shape index (κ3) is 5.62. The van der Waals surface area contributed by atoms with Gasteiger partial charge in [-0.2, -0.15) is 0 Å². The number of imidazole rings is 1. The molecule has 0 N–H and O–H groups in total. The van der Waals surface area contributed by atoms with Crippen LogP contribution in [0.15, 0.2) is 66.7 Å². The molecule has 3 rings (SSSR count). The molecule has 0 spiro atoms. The predicted octanol–water partition coefficient (Wildman–Crippen LogP) is 5.74. The molecule has 0 aliphatic rings. The van der Waals surface area contributed by atoms with E-state index in [4.69, 9.17) is 9.72 Å². The fourth-order valence-corrected chi connectivity index (χ4v) is 3.83. The van der Waals surface area contributed by atoms with Gasteiger partial charge in [-0.25, -0.2) is 4.98 Å². The summed E-state index contributed by atoms with van der Waals surface area (Å²) in [5.41, 5.74) is 3.98. The van der Waals surface area contributed by atoms with E-state index >= 15 is 0 Å². The van der Waals surface area contributed by atoms with E-state index in [1.54, 1.807) is 6.08 Å². The summed E-state index contributed by atoms with van der Waals surface area (Å²) in [7, 11) is -1.17. The molecule has 0 atom stereocenters. The van der Waals surface area contributed by atoms with E-state index < -0.39 is 8.07 Å². The summed E-state index contributed by atoms with van der Waals surface area (Å²) in [6, 6.07) is 21.4. The highest BCUT2D eigenvalue weighted by Crippen LogP contribution is 2.33. The molecule has 2 aromatic carbocycles. The van der Waals surface area contributed by atoms with Gasteiger partial charge in [-0.15, -0.1) is 0 Å². The van der Waals surface area contributed by atoms with Crippen molar-refractivity contribution in [2.24, 2.45) is 0 Å². The van der Waals surface area contributed by atoms with E-state index in [1.165, 1.54) is 6.08 Å². The summed E-state index contributed by atoms with van der Waals surface area (Å²) < 4.78 is 8.12. The second-order valence-corrected chi connectivity index (χ2v) is 13.8. The minimum absolute atomic E-state index is 0.396. The second kappa shape index (κ2) is 9.63. The van der Waals surface area contributed by atoms with Crippen molar-refractivity contribution in [3.8, 4) is 22.5 Å². The molecule has 0 saturated carbocycles. The number of carbonyl (C=O) groups excluding carboxylic acids is 1. The van der Waals surface area contributed by atoms with Crippen molar-refractivity contribution < 1.29 is 9.53 Å². The van der Waals surface area contributed by atoms with E-state index in [0.717, 1.165) is 41.5 Å². The molecule has 0 unspecified atom stereocenters. The first-order chi connectivity index (χ1) is 14.0. The molecule has 0 fully saturated rings. The monoisotopic (exact) mass is 404 g/mol. The number of aldehydes is 1. The second-order valence-electron chi connectivity index (χ2n) is 8.17. The Morgan fingerprint density at radius 1 is 0.966 bits per heavy atom. The maximum absolute atomic E-state index is 10.9. The average molecular weight is 405 g/mol. The molecule has 0 bridgehead atoms. The van der Waals surface area contributed by atoms with Crippen LogP contribution < -0.4 is 0 Å². The number of carbonyl (C=O) groups is 1. The molecule has 4 nitrogen and oxygen atoms in total. The van der Waals surface area contributed by atoms with E-state index in [1.807, 2.05) is 36.4 Å². The van der Waals surface area contributed by atoms with Gasteiger partial charge in [0.05, 0.1) is 11.4 Å². The summed E-state index contributed by atoms with van der Waals surface area (Å²) in [5.74, 6) is 0.711. The summed E-state index contributed by atoms with van der Waals surface area (Å²) in [4.78, 5) is 15.8. The van der Waals surface area contributed by atoms with E-state index in [-0.39, 0.29) is 0 Å². The Morgan fingerprint density at radius 2 is 1.59 bits per heavy atom. The molecular formula is C24H28N2O2Si. The van der Waals surface area contributed by atoms with Crippen molar-refractivity contribution in [2.45, 2.75) is 32.4 Å². The van der Waals surface area contributed by atoms with Crippen molar-refractivity contribution >= 4 is 20.4 Å². The number of allylic oxidation sites excluding steroid dienone is 1. The average Bonchev–Trinajstić information content (AvgIpc) is 3.08. The van der Waals surface area contributed by atoms with Gasteiger partial charge in [0.15, 0.2) is 0 Å². The Bertz CT molecular complexity index is 958. The molecule has 1 heterocycles. The molecule has 0 aliphatic heterocycles. The number of hydrogen-bond acceptors (Lipinski definition) is 3. The summed E-state index contributed by atoms with van der Waals surface area (Å²) in [6.07, 6.45) is 3.99. The Balaban J connectivity index is 2.06. The largest absolute Gasteiger partial charge is 0.361 e. The molecule has 29 heavy (non-hydrogen) atoms. The quantitative estimate of drug-likeness (QED) is 0.198. The number of benzene rings is 2. The normalized spacial score (nSPS) is 11.8. The van der Waals surface area contributed by atoms with Crippen LogP contribution in [0, 0.1) is 0 Å². The summed E-state index contributed by atoms with van der Waals surface area (Å²) in [6.45, 7) is 8.14. The van der Waals surface area contributed by atoms with Crippen LogP contribution in [0.1, 0.15) is 5.82 Å². The maximum Gasteiger partial charge on any atom is 0.142 e. The topological polar surface area (TPSA) is 44.1 Å². The molecule has 3 aromatic rings. The highest BCUT2D eigenvalue weighted by atomic mass is 28.3. The van der Waals surface area contributed by atoms with E-state index in [2.05, 4.69) is 48.5 Å². The molecule has 5 heteroatoms. The van der Waals surface area contributed by atoms with Gasteiger partial charge in [0.2, 0.25) is 0 Å². The van der Waals surface area contributed by atoms with Gasteiger partial charge in [-0.1, -0.05) is 80.3 Å². The van der Waals surface area contributed by atoms with Gasteiger partial charge in [0, 0.05) is 25.8 Å². The molecule has 0 amide bonds. The van der Waals surface area contributed by atoms with Crippen molar-refractivity contribution in [1.29, 1.82) is 0 Å². The minimum Gasteiger partial charge on any atom is -0.361 e. The van der Waals surface area contributed by atoms with Crippen LogP contribution in [0.2, 0.25) is 25.7 Å². The third-order valence-electron chi connectivity index (χ3n) is 4.63. The lowest BCUT2D eigenvalue weighted by molar-refractivity contribution is -0.104. The summed E-state index contributed by atoms with van der Waals surface area (Å²) in [5, 5.41) is 0. The molecule has 0 aliphatic carbocycles. The zero-order valence-corrected chi connectivity index (χ0v) is 18.3. The number of nitrogens with zero attached hydrogens (tertiary/aromatic N) is 2. The van der Waals surface area contributed by atoms with E-state index in [0.29, 0.717) is 12.6 Å². The van der Waals surface area contributed by atoms with Crippen LogP contribution in [0.4, 0.5) is 0 Å². The number of ether oxygens (including phenoxy) is 1. The van der Waals surface area contributed by atoms with Gasteiger partial charge in [-0.05, 0) is 18.2 Å². The highest BCUT2D eigenvalue weighted by molar-refractivity contribution is 6.76. The first-order valence-corrected chi connectivity index (χ1v) is 13.6. The Hall–Kier alpha value is -2.76. The Morgan fingerprint density at radius 3 is 2.17 bits per heavy atom. The fraction of sp³-hybridized carbons (Fsp3) is 0.250. The smallest absolute Gasteiger partial charge is 0.142 e. The van der Waals surface area contributed by atoms with Gasteiger partial charge in [-0.3, -0.25) is 9.36 Å². The number of hydrogen-bond donors (Lipinski definition) is 0. The van der Waals surface area contributed by atoms with Crippen LogP contribution in [0.25, 0.3) is 28.6 Å². The third-order valence-corrected chi connectivity index (χ3v) is 6.34. The van der Waals surface area contributed by atoms with Crippen LogP contribution in [-0.2, 0) is 16.3 Å².